The van der Waals surface area contributed by atoms with Gasteiger partial charge in [0.1, 0.15) is 11.9 Å². The molecule has 160 valence electrons. The molecule has 3 amide bonds. The van der Waals surface area contributed by atoms with Crippen LogP contribution in [0.2, 0.25) is 0 Å². The molecule has 0 saturated carbocycles. The van der Waals surface area contributed by atoms with Gasteiger partial charge in [-0.2, -0.15) is 0 Å². The molecule has 0 aliphatic carbocycles. The van der Waals surface area contributed by atoms with Crippen molar-refractivity contribution >= 4 is 44.4 Å². The molecule has 1 atom stereocenters. The molecule has 0 bridgehead atoms. The van der Waals surface area contributed by atoms with E-state index in [2.05, 4.69) is 15.6 Å². The Labute approximate surface area is 182 Å². The predicted octanol–water partition coefficient (Wildman–Crippen LogP) is 2.72. The number of nitrogens with one attached hydrogen (secondary N) is 2. The molecular weight excluding hydrogens is 419 g/mol. The summed E-state index contributed by atoms with van der Waals surface area (Å²) in [5.74, 6) is -1.40. The molecule has 2 N–H and O–H groups in total. The number of carbonyl (C=O) groups excluding carboxylic acids is 3. The van der Waals surface area contributed by atoms with Crippen molar-refractivity contribution in [2.24, 2.45) is 0 Å². The van der Waals surface area contributed by atoms with Crippen LogP contribution in [0.4, 0.5) is 9.52 Å². The standard InChI is InChI=1S/C22H21FN4O3S/c23-15-6-3-5-14(11-15)12-19(28)24-13-20(29)27-10-4-8-17(27)21(30)26-22-25-16-7-1-2-9-18(16)31-22/h1-3,5-7,9,11,17H,4,8,10,12-13H2,(H,24,28)(H,25,26,30). The summed E-state index contributed by atoms with van der Waals surface area (Å²) >= 11 is 1.38. The number of benzene rings is 2. The second-order valence-corrected chi connectivity index (χ2v) is 8.34. The van der Waals surface area contributed by atoms with Crippen LogP contribution in [0.3, 0.4) is 0 Å². The summed E-state index contributed by atoms with van der Waals surface area (Å²) in [5, 5.41) is 5.87. The number of thiazole rings is 1. The summed E-state index contributed by atoms with van der Waals surface area (Å²) < 4.78 is 14.2. The highest BCUT2D eigenvalue weighted by Crippen LogP contribution is 2.26. The van der Waals surface area contributed by atoms with Gasteiger partial charge in [0.05, 0.1) is 23.2 Å². The van der Waals surface area contributed by atoms with Gasteiger partial charge in [-0.05, 0) is 42.7 Å². The van der Waals surface area contributed by atoms with E-state index in [1.165, 1.54) is 34.4 Å². The third-order valence-corrected chi connectivity index (χ3v) is 6.04. The maximum Gasteiger partial charge on any atom is 0.248 e. The molecule has 1 unspecified atom stereocenters. The molecular formula is C22H21FN4O3S. The summed E-state index contributed by atoms with van der Waals surface area (Å²) in [6.45, 7) is 0.246. The number of para-hydroxylation sites is 1. The lowest BCUT2D eigenvalue weighted by Gasteiger charge is -2.23. The molecule has 0 spiro atoms. The molecule has 4 rings (SSSR count). The zero-order valence-electron chi connectivity index (χ0n) is 16.6. The van der Waals surface area contributed by atoms with Crippen molar-refractivity contribution < 1.29 is 18.8 Å². The van der Waals surface area contributed by atoms with Gasteiger partial charge in [-0.25, -0.2) is 9.37 Å². The monoisotopic (exact) mass is 440 g/mol. The van der Waals surface area contributed by atoms with Gasteiger partial charge in [0, 0.05) is 6.54 Å². The number of likely N-dealkylation sites (tertiary alicyclic amines) is 1. The van der Waals surface area contributed by atoms with Gasteiger partial charge >= 0.3 is 0 Å². The van der Waals surface area contributed by atoms with Crippen molar-refractivity contribution in [1.82, 2.24) is 15.2 Å². The lowest BCUT2D eigenvalue weighted by atomic mass is 10.1. The van der Waals surface area contributed by atoms with Crippen LogP contribution >= 0.6 is 11.3 Å². The van der Waals surface area contributed by atoms with Crippen molar-refractivity contribution in [3.8, 4) is 0 Å². The highest BCUT2D eigenvalue weighted by Gasteiger charge is 2.34. The van der Waals surface area contributed by atoms with E-state index in [0.717, 1.165) is 10.2 Å². The van der Waals surface area contributed by atoms with Crippen molar-refractivity contribution in [2.75, 3.05) is 18.4 Å². The van der Waals surface area contributed by atoms with Crippen molar-refractivity contribution in [1.29, 1.82) is 0 Å². The largest absolute Gasteiger partial charge is 0.347 e. The fourth-order valence-electron chi connectivity index (χ4n) is 3.62. The molecule has 0 radical (unpaired) electrons. The van der Waals surface area contributed by atoms with Crippen LogP contribution in [-0.2, 0) is 20.8 Å². The molecule has 1 aliphatic heterocycles. The molecule has 1 fully saturated rings. The Balaban J connectivity index is 1.32. The van der Waals surface area contributed by atoms with Crippen molar-refractivity contribution in [2.45, 2.75) is 25.3 Å². The first-order valence-corrected chi connectivity index (χ1v) is 10.8. The topological polar surface area (TPSA) is 91.4 Å². The van der Waals surface area contributed by atoms with E-state index >= 15 is 0 Å². The van der Waals surface area contributed by atoms with Crippen LogP contribution in [0.15, 0.2) is 48.5 Å². The number of nitrogens with zero attached hydrogens (tertiary/aromatic N) is 2. The molecule has 31 heavy (non-hydrogen) atoms. The molecule has 1 aliphatic rings. The fraction of sp³-hybridized carbons (Fsp3) is 0.273. The van der Waals surface area contributed by atoms with Crippen LogP contribution in [0.25, 0.3) is 10.2 Å². The van der Waals surface area contributed by atoms with Crippen molar-refractivity contribution in [3.05, 3.63) is 59.9 Å². The number of amides is 3. The third kappa shape index (κ3) is 5.05. The van der Waals surface area contributed by atoms with Gasteiger partial charge in [-0.1, -0.05) is 35.6 Å². The number of anilines is 1. The number of carbonyl (C=O) groups is 3. The maximum absolute atomic E-state index is 13.2. The average molecular weight is 441 g/mol. The van der Waals surface area contributed by atoms with Gasteiger partial charge in [0.25, 0.3) is 0 Å². The summed E-state index contributed by atoms with van der Waals surface area (Å²) in [4.78, 5) is 43.4. The number of rotatable bonds is 6. The number of aromatic nitrogens is 1. The highest BCUT2D eigenvalue weighted by molar-refractivity contribution is 7.22. The van der Waals surface area contributed by atoms with E-state index in [0.29, 0.717) is 30.1 Å². The second kappa shape index (κ2) is 9.22. The van der Waals surface area contributed by atoms with E-state index in [1.54, 1.807) is 6.07 Å². The SMILES string of the molecule is O=C(Cc1cccc(F)c1)NCC(=O)N1CCCC1C(=O)Nc1nc2ccccc2s1. The van der Waals surface area contributed by atoms with Crippen LogP contribution in [0.5, 0.6) is 0 Å². The smallest absolute Gasteiger partial charge is 0.248 e. The van der Waals surface area contributed by atoms with Gasteiger partial charge in [0.15, 0.2) is 5.13 Å². The minimum absolute atomic E-state index is 0.0213. The third-order valence-electron chi connectivity index (χ3n) is 5.09. The lowest BCUT2D eigenvalue weighted by Crippen LogP contribution is -2.47. The highest BCUT2D eigenvalue weighted by atomic mass is 32.1. The van der Waals surface area contributed by atoms with Gasteiger partial charge < -0.3 is 15.5 Å². The molecule has 2 heterocycles. The summed E-state index contributed by atoms with van der Waals surface area (Å²) in [7, 11) is 0. The number of fused-ring (bicyclic) bond motifs is 1. The Bertz CT molecular complexity index is 1100. The first kappa shape index (κ1) is 20.9. The molecule has 7 nitrogen and oxygen atoms in total. The zero-order chi connectivity index (χ0) is 21.8. The number of hydrogen-bond donors (Lipinski definition) is 2. The van der Waals surface area contributed by atoms with Crippen LogP contribution < -0.4 is 10.6 Å². The molecule has 2 aromatic carbocycles. The Hall–Kier alpha value is -3.33. The molecule has 9 heteroatoms. The summed E-state index contributed by atoms with van der Waals surface area (Å²) in [6.07, 6.45) is 1.24. The van der Waals surface area contributed by atoms with E-state index in [-0.39, 0.29) is 30.7 Å². The average Bonchev–Trinajstić information content (AvgIpc) is 3.38. The summed E-state index contributed by atoms with van der Waals surface area (Å²) in [6, 6.07) is 12.8. The minimum atomic E-state index is -0.598. The first-order valence-electron chi connectivity index (χ1n) is 9.96. The maximum atomic E-state index is 13.2. The Morgan fingerprint density at radius 1 is 1.16 bits per heavy atom. The lowest BCUT2D eigenvalue weighted by molar-refractivity contribution is -0.137. The Morgan fingerprint density at radius 3 is 2.81 bits per heavy atom. The van der Waals surface area contributed by atoms with E-state index in [1.807, 2.05) is 24.3 Å². The number of hydrogen-bond acceptors (Lipinski definition) is 5. The Morgan fingerprint density at radius 2 is 2.00 bits per heavy atom. The van der Waals surface area contributed by atoms with Gasteiger partial charge in [-0.15, -0.1) is 0 Å². The molecule has 1 saturated heterocycles. The van der Waals surface area contributed by atoms with Crippen LogP contribution in [0, 0.1) is 5.82 Å². The zero-order valence-corrected chi connectivity index (χ0v) is 17.5. The molecule has 1 aromatic heterocycles. The van der Waals surface area contributed by atoms with E-state index in [4.69, 9.17) is 0 Å². The quantitative estimate of drug-likeness (QED) is 0.617. The summed E-state index contributed by atoms with van der Waals surface area (Å²) in [5.41, 5.74) is 1.34. The van der Waals surface area contributed by atoms with E-state index < -0.39 is 11.9 Å². The Kier molecular flexibility index (Phi) is 6.22. The fourth-order valence-corrected chi connectivity index (χ4v) is 4.49. The number of halogens is 1. The van der Waals surface area contributed by atoms with Gasteiger partial charge in [-0.3, -0.25) is 14.4 Å². The van der Waals surface area contributed by atoms with Crippen LogP contribution in [-0.4, -0.2) is 46.7 Å². The van der Waals surface area contributed by atoms with Crippen molar-refractivity contribution in [3.63, 3.8) is 0 Å². The van der Waals surface area contributed by atoms with E-state index in [9.17, 15) is 18.8 Å². The van der Waals surface area contributed by atoms with Crippen LogP contribution in [0.1, 0.15) is 18.4 Å². The minimum Gasteiger partial charge on any atom is -0.347 e. The normalized spacial score (nSPS) is 15.8. The first-order chi connectivity index (χ1) is 15.0. The second-order valence-electron chi connectivity index (χ2n) is 7.30. The predicted molar refractivity (Wildman–Crippen MR) is 116 cm³/mol. The molecule has 3 aromatic rings. The van der Waals surface area contributed by atoms with Gasteiger partial charge in [0.2, 0.25) is 17.7 Å².